The number of hydrogen-bond donors (Lipinski definition) is 1. The zero-order valence-corrected chi connectivity index (χ0v) is 6.69. The molecule has 12 heavy (non-hydrogen) atoms. The number of rotatable bonds is 2. The highest BCUT2D eigenvalue weighted by atomic mass is 16.4. The first-order valence-corrected chi connectivity index (χ1v) is 3.52. The molecule has 0 unspecified atom stereocenters. The minimum absolute atomic E-state index is 0.0301. The molecule has 0 aliphatic carbocycles. The van der Waals surface area contributed by atoms with Crippen LogP contribution in [-0.2, 0) is 0 Å². The van der Waals surface area contributed by atoms with Crippen molar-refractivity contribution >= 4 is 12.0 Å². The summed E-state index contributed by atoms with van der Waals surface area (Å²) in [6.45, 7) is 1.51. The highest BCUT2D eigenvalue weighted by molar-refractivity contribution is 5.94. The summed E-state index contributed by atoms with van der Waals surface area (Å²) in [5.41, 5.74) is 1.42. The molecule has 62 valence electrons. The van der Waals surface area contributed by atoms with Gasteiger partial charge in [-0.2, -0.15) is 0 Å². The van der Waals surface area contributed by atoms with Gasteiger partial charge in [-0.05, 0) is 12.5 Å². The number of benzene rings is 1. The van der Waals surface area contributed by atoms with Crippen LogP contribution in [0.1, 0.15) is 22.8 Å². The van der Waals surface area contributed by atoms with Crippen LogP contribution in [0.4, 0.5) is 0 Å². The van der Waals surface area contributed by atoms with Crippen LogP contribution in [-0.4, -0.2) is 17.2 Å². The maximum Gasteiger partial charge on any atom is 0.159 e. The zero-order chi connectivity index (χ0) is 8.97. The Kier molecular flexibility index (Phi) is 2.58. The van der Waals surface area contributed by atoms with Gasteiger partial charge in [-0.3, -0.25) is 4.79 Å². The van der Waals surface area contributed by atoms with Gasteiger partial charge in [-0.1, -0.05) is 29.4 Å². The standard InChI is InChI=1S/C9H9NO2/c1-7(11)9-4-2-8(3-5-9)6-10-12/h2-6,12H,1H3/b10-6-. The first kappa shape index (κ1) is 8.46. The summed E-state index contributed by atoms with van der Waals surface area (Å²) in [6.07, 6.45) is 1.31. The van der Waals surface area contributed by atoms with Gasteiger partial charge in [0.1, 0.15) is 0 Å². The normalized spacial score (nSPS) is 10.4. The predicted octanol–water partition coefficient (Wildman–Crippen LogP) is 1.70. The molecule has 1 aromatic carbocycles. The lowest BCUT2D eigenvalue weighted by Crippen LogP contribution is -1.91. The third-order valence-corrected chi connectivity index (χ3v) is 1.52. The van der Waals surface area contributed by atoms with Gasteiger partial charge in [0.2, 0.25) is 0 Å². The summed E-state index contributed by atoms with van der Waals surface area (Å²) >= 11 is 0. The van der Waals surface area contributed by atoms with Crippen molar-refractivity contribution in [1.29, 1.82) is 0 Å². The molecule has 0 amide bonds. The molecule has 0 aromatic heterocycles. The quantitative estimate of drug-likeness (QED) is 0.312. The number of nitrogens with zero attached hydrogens (tertiary/aromatic N) is 1. The Bertz CT molecular complexity index is 301. The second kappa shape index (κ2) is 3.67. The number of hydrogen-bond acceptors (Lipinski definition) is 3. The lowest BCUT2D eigenvalue weighted by Gasteiger charge is -1.94. The van der Waals surface area contributed by atoms with Crippen LogP contribution >= 0.6 is 0 Å². The molecular formula is C9H9NO2. The highest BCUT2D eigenvalue weighted by Crippen LogP contribution is 2.02. The summed E-state index contributed by atoms with van der Waals surface area (Å²) in [5.74, 6) is 0.0301. The molecule has 0 fully saturated rings. The molecule has 3 nitrogen and oxygen atoms in total. The number of carbonyl (C=O) groups is 1. The summed E-state index contributed by atoms with van der Waals surface area (Å²) in [4.78, 5) is 10.8. The molecule has 0 atom stereocenters. The summed E-state index contributed by atoms with van der Waals surface area (Å²) in [5, 5.41) is 11.1. The van der Waals surface area contributed by atoms with Crippen molar-refractivity contribution in [3.63, 3.8) is 0 Å². The van der Waals surface area contributed by atoms with Gasteiger partial charge in [0, 0.05) is 5.56 Å². The van der Waals surface area contributed by atoms with Crippen molar-refractivity contribution in [3.8, 4) is 0 Å². The molecule has 0 aliphatic heterocycles. The van der Waals surface area contributed by atoms with E-state index in [0.29, 0.717) is 5.56 Å². The van der Waals surface area contributed by atoms with Gasteiger partial charge in [0.05, 0.1) is 6.21 Å². The second-order valence-electron chi connectivity index (χ2n) is 2.42. The fraction of sp³-hybridized carbons (Fsp3) is 0.111. The van der Waals surface area contributed by atoms with Crippen molar-refractivity contribution in [2.45, 2.75) is 6.92 Å². The SMILES string of the molecule is CC(=O)c1ccc(/C=N\O)cc1. The lowest BCUT2D eigenvalue weighted by atomic mass is 10.1. The molecule has 0 bridgehead atoms. The second-order valence-corrected chi connectivity index (χ2v) is 2.42. The number of ketones is 1. The van der Waals surface area contributed by atoms with Gasteiger partial charge in [0.25, 0.3) is 0 Å². The van der Waals surface area contributed by atoms with E-state index in [-0.39, 0.29) is 5.78 Å². The lowest BCUT2D eigenvalue weighted by molar-refractivity contribution is 0.101. The average molecular weight is 163 g/mol. The van der Waals surface area contributed by atoms with Crippen molar-refractivity contribution in [3.05, 3.63) is 35.4 Å². The largest absolute Gasteiger partial charge is 0.411 e. The zero-order valence-electron chi connectivity index (χ0n) is 6.69. The third-order valence-electron chi connectivity index (χ3n) is 1.52. The molecule has 3 heteroatoms. The fourth-order valence-electron chi connectivity index (χ4n) is 0.871. The van der Waals surface area contributed by atoms with Crippen LogP contribution in [0.5, 0.6) is 0 Å². The van der Waals surface area contributed by atoms with E-state index in [9.17, 15) is 4.79 Å². The first-order chi connectivity index (χ1) is 5.74. The van der Waals surface area contributed by atoms with E-state index >= 15 is 0 Å². The van der Waals surface area contributed by atoms with E-state index in [1.165, 1.54) is 13.1 Å². The van der Waals surface area contributed by atoms with Gasteiger partial charge in [-0.25, -0.2) is 0 Å². The van der Waals surface area contributed by atoms with Crippen LogP contribution in [0.25, 0.3) is 0 Å². The van der Waals surface area contributed by atoms with Crippen molar-refractivity contribution in [1.82, 2.24) is 0 Å². The van der Waals surface area contributed by atoms with Crippen molar-refractivity contribution < 1.29 is 10.0 Å². The maximum absolute atomic E-state index is 10.8. The average Bonchev–Trinajstić information content (AvgIpc) is 2.06. The first-order valence-electron chi connectivity index (χ1n) is 3.52. The van der Waals surface area contributed by atoms with E-state index in [1.807, 2.05) is 0 Å². The van der Waals surface area contributed by atoms with Crippen LogP contribution < -0.4 is 0 Å². The van der Waals surface area contributed by atoms with E-state index in [4.69, 9.17) is 5.21 Å². The minimum atomic E-state index is 0.0301. The van der Waals surface area contributed by atoms with E-state index in [1.54, 1.807) is 24.3 Å². The van der Waals surface area contributed by atoms with E-state index in [0.717, 1.165) is 5.56 Å². The Balaban J connectivity index is 2.93. The van der Waals surface area contributed by atoms with E-state index in [2.05, 4.69) is 5.16 Å². The molecule has 1 rings (SSSR count). The molecule has 0 aliphatic rings. The summed E-state index contributed by atoms with van der Waals surface area (Å²) in [7, 11) is 0. The number of carbonyl (C=O) groups excluding carboxylic acids is 1. The molecule has 0 saturated heterocycles. The molecule has 0 heterocycles. The Morgan fingerprint density at radius 3 is 2.42 bits per heavy atom. The van der Waals surface area contributed by atoms with Crippen LogP contribution in [0, 0.1) is 0 Å². The third kappa shape index (κ3) is 1.92. The molecule has 1 N–H and O–H groups in total. The fourth-order valence-corrected chi connectivity index (χ4v) is 0.871. The Morgan fingerprint density at radius 1 is 1.42 bits per heavy atom. The highest BCUT2D eigenvalue weighted by Gasteiger charge is 1.96. The summed E-state index contributed by atoms with van der Waals surface area (Å²) in [6, 6.07) is 6.82. The number of oxime groups is 1. The van der Waals surface area contributed by atoms with E-state index < -0.39 is 0 Å². The van der Waals surface area contributed by atoms with Crippen LogP contribution in [0.2, 0.25) is 0 Å². The van der Waals surface area contributed by atoms with Crippen molar-refractivity contribution in [2.24, 2.45) is 5.16 Å². The van der Waals surface area contributed by atoms with Gasteiger partial charge in [0.15, 0.2) is 5.78 Å². The Labute approximate surface area is 70.3 Å². The van der Waals surface area contributed by atoms with Crippen LogP contribution in [0.15, 0.2) is 29.4 Å². The van der Waals surface area contributed by atoms with Crippen LogP contribution in [0.3, 0.4) is 0 Å². The smallest absolute Gasteiger partial charge is 0.159 e. The molecule has 0 saturated carbocycles. The topological polar surface area (TPSA) is 49.7 Å². The number of Topliss-reactive ketones (excluding diaryl/α,β-unsaturated/α-hetero) is 1. The van der Waals surface area contributed by atoms with Gasteiger partial charge in [-0.15, -0.1) is 0 Å². The maximum atomic E-state index is 10.8. The Hall–Kier alpha value is -1.64. The summed E-state index contributed by atoms with van der Waals surface area (Å²) < 4.78 is 0. The minimum Gasteiger partial charge on any atom is -0.411 e. The van der Waals surface area contributed by atoms with Gasteiger partial charge < -0.3 is 5.21 Å². The predicted molar refractivity (Wildman–Crippen MR) is 45.8 cm³/mol. The Morgan fingerprint density at radius 2 is 2.00 bits per heavy atom. The monoisotopic (exact) mass is 163 g/mol. The van der Waals surface area contributed by atoms with Gasteiger partial charge >= 0.3 is 0 Å². The molecule has 0 radical (unpaired) electrons. The molecular weight excluding hydrogens is 154 g/mol. The molecule has 0 spiro atoms. The molecule has 1 aromatic rings. The van der Waals surface area contributed by atoms with Crippen molar-refractivity contribution in [2.75, 3.05) is 0 Å².